The quantitative estimate of drug-likeness (QED) is 0.489. The number of nitrogens with one attached hydrogen (secondary N) is 1. The van der Waals surface area contributed by atoms with Crippen LogP contribution < -0.4 is 16.2 Å². The summed E-state index contributed by atoms with van der Waals surface area (Å²) in [7, 11) is 0. The van der Waals surface area contributed by atoms with E-state index in [-0.39, 0.29) is 11.6 Å². The monoisotopic (exact) mass is 280 g/mol. The third-order valence-corrected chi connectivity index (χ3v) is 3.75. The van der Waals surface area contributed by atoms with Crippen LogP contribution in [-0.4, -0.2) is 28.0 Å². The molecule has 1 atom stereocenters. The van der Waals surface area contributed by atoms with E-state index in [9.17, 15) is 10.1 Å². The predicted octanol–water partition coefficient (Wildman–Crippen LogP) is 1.61. The van der Waals surface area contributed by atoms with Crippen molar-refractivity contribution in [1.29, 1.82) is 0 Å². The van der Waals surface area contributed by atoms with E-state index in [0.29, 0.717) is 17.4 Å². The Morgan fingerprint density at radius 1 is 1.55 bits per heavy atom. The Morgan fingerprint density at radius 2 is 2.30 bits per heavy atom. The van der Waals surface area contributed by atoms with Gasteiger partial charge in [0.25, 0.3) is 0 Å². The van der Waals surface area contributed by atoms with Crippen molar-refractivity contribution >= 4 is 17.5 Å². The first-order chi connectivity index (χ1) is 9.56. The van der Waals surface area contributed by atoms with Crippen LogP contribution in [-0.2, 0) is 0 Å². The second kappa shape index (κ2) is 6.00. The first kappa shape index (κ1) is 14.4. The van der Waals surface area contributed by atoms with Crippen molar-refractivity contribution in [2.24, 2.45) is 11.8 Å². The molecule has 110 valence electrons. The zero-order valence-corrected chi connectivity index (χ0v) is 11.8. The summed E-state index contributed by atoms with van der Waals surface area (Å²) in [6.07, 6.45) is 3.24. The van der Waals surface area contributed by atoms with Gasteiger partial charge in [-0.15, -0.1) is 0 Å². The molecule has 0 saturated carbocycles. The molecule has 1 saturated heterocycles. The minimum absolute atomic E-state index is 0.0271. The maximum absolute atomic E-state index is 11.3. The molecule has 0 bridgehead atoms. The van der Waals surface area contributed by atoms with Crippen molar-refractivity contribution in [3.05, 3.63) is 15.8 Å². The summed E-state index contributed by atoms with van der Waals surface area (Å²) in [6.45, 7) is 5.31. The first-order valence-corrected chi connectivity index (χ1v) is 6.81. The molecule has 1 unspecified atom stereocenters. The van der Waals surface area contributed by atoms with Crippen LogP contribution in [0.5, 0.6) is 0 Å². The molecule has 1 aliphatic rings. The number of anilines is 2. The van der Waals surface area contributed by atoms with Crippen molar-refractivity contribution in [2.45, 2.75) is 33.1 Å². The smallest absolute Gasteiger partial charge is 0.332 e. The van der Waals surface area contributed by atoms with Crippen LogP contribution in [0.1, 0.15) is 31.9 Å². The Bertz CT molecular complexity index is 507. The lowest BCUT2D eigenvalue weighted by molar-refractivity contribution is -0.385. The van der Waals surface area contributed by atoms with Gasteiger partial charge in [0, 0.05) is 13.1 Å². The van der Waals surface area contributed by atoms with Crippen LogP contribution in [0.3, 0.4) is 0 Å². The van der Waals surface area contributed by atoms with Crippen LogP contribution in [0.25, 0.3) is 0 Å². The van der Waals surface area contributed by atoms with Crippen LogP contribution >= 0.6 is 0 Å². The third-order valence-electron chi connectivity index (χ3n) is 3.75. The number of hydrogen-bond acceptors (Lipinski definition) is 7. The van der Waals surface area contributed by atoms with Crippen LogP contribution in [0, 0.1) is 23.0 Å². The van der Waals surface area contributed by atoms with Gasteiger partial charge in [-0.2, -0.15) is 4.98 Å². The number of piperidine rings is 1. The average molecular weight is 280 g/mol. The number of rotatable bonds is 4. The average Bonchev–Trinajstić information content (AvgIpc) is 2.45. The molecule has 3 N–H and O–H groups in total. The molecule has 0 radical (unpaired) electrons. The van der Waals surface area contributed by atoms with E-state index < -0.39 is 4.92 Å². The summed E-state index contributed by atoms with van der Waals surface area (Å²) in [6, 6.07) is 0. The number of aryl methyl sites for hydroxylation is 1. The Labute approximate surface area is 117 Å². The molecule has 2 rings (SSSR count). The van der Waals surface area contributed by atoms with Gasteiger partial charge in [0.2, 0.25) is 11.8 Å². The lowest BCUT2D eigenvalue weighted by Gasteiger charge is -2.32. The largest absolute Gasteiger partial charge is 0.350 e. The lowest BCUT2D eigenvalue weighted by Crippen LogP contribution is -2.36. The number of nitrogens with two attached hydrogens (primary N) is 1. The maximum atomic E-state index is 11.3. The molecule has 0 aliphatic carbocycles. The van der Waals surface area contributed by atoms with E-state index in [1.807, 2.05) is 4.90 Å². The van der Waals surface area contributed by atoms with Crippen molar-refractivity contribution < 1.29 is 4.92 Å². The van der Waals surface area contributed by atoms with Gasteiger partial charge in [-0.1, -0.05) is 13.3 Å². The molecule has 20 heavy (non-hydrogen) atoms. The van der Waals surface area contributed by atoms with Gasteiger partial charge in [-0.05, 0) is 25.7 Å². The molecule has 0 spiro atoms. The summed E-state index contributed by atoms with van der Waals surface area (Å²) < 4.78 is 0. The van der Waals surface area contributed by atoms with Crippen LogP contribution in [0.15, 0.2) is 0 Å². The minimum atomic E-state index is -0.416. The number of nitrogens with zero attached hydrogens (tertiary/aromatic N) is 4. The van der Waals surface area contributed by atoms with E-state index in [0.717, 1.165) is 32.4 Å². The van der Waals surface area contributed by atoms with Crippen molar-refractivity contribution in [2.75, 3.05) is 23.4 Å². The van der Waals surface area contributed by atoms with Gasteiger partial charge in [-0.3, -0.25) is 15.5 Å². The fourth-order valence-electron chi connectivity index (χ4n) is 2.64. The van der Waals surface area contributed by atoms with Gasteiger partial charge in [0.1, 0.15) is 5.69 Å². The molecule has 1 aromatic rings. The summed E-state index contributed by atoms with van der Waals surface area (Å²) in [4.78, 5) is 21.0. The van der Waals surface area contributed by atoms with E-state index >= 15 is 0 Å². The zero-order valence-electron chi connectivity index (χ0n) is 11.8. The highest BCUT2D eigenvalue weighted by atomic mass is 16.6. The molecule has 1 aromatic heterocycles. The van der Waals surface area contributed by atoms with Crippen molar-refractivity contribution in [3.63, 3.8) is 0 Å². The Kier molecular flexibility index (Phi) is 4.33. The second-order valence-electron chi connectivity index (χ2n) is 5.07. The van der Waals surface area contributed by atoms with Gasteiger partial charge in [-0.25, -0.2) is 10.8 Å². The van der Waals surface area contributed by atoms with Gasteiger partial charge < -0.3 is 4.90 Å². The van der Waals surface area contributed by atoms with E-state index in [1.165, 1.54) is 0 Å². The van der Waals surface area contributed by atoms with E-state index in [2.05, 4.69) is 22.3 Å². The second-order valence-corrected chi connectivity index (χ2v) is 5.07. The van der Waals surface area contributed by atoms with E-state index in [1.54, 1.807) is 6.92 Å². The minimum Gasteiger partial charge on any atom is -0.350 e. The van der Waals surface area contributed by atoms with E-state index in [4.69, 9.17) is 5.84 Å². The van der Waals surface area contributed by atoms with Crippen LogP contribution in [0.2, 0.25) is 0 Å². The molecule has 0 aromatic carbocycles. The summed E-state index contributed by atoms with van der Waals surface area (Å²) in [5.74, 6) is 6.46. The fraction of sp³-hybridized carbons (Fsp3) is 0.667. The number of nitrogen functional groups attached to an aromatic ring is 1. The number of hydrogen-bond donors (Lipinski definition) is 2. The van der Waals surface area contributed by atoms with Gasteiger partial charge in [0.15, 0.2) is 0 Å². The number of hydrazine groups is 1. The molecule has 8 heteroatoms. The van der Waals surface area contributed by atoms with Crippen molar-refractivity contribution in [1.82, 2.24) is 9.97 Å². The highest BCUT2D eigenvalue weighted by molar-refractivity contribution is 5.62. The summed E-state index contributed by atoms with van der Waals surface area (Å²) in [5, 5.41) is 11.3. The molecule has 0 amide bonds. The zero-order chi connectivity index (χ0) is 14.7. The number of aromatic nitrogens is 2. The van der Waals surface area contributed by atoms with Crippen molar-refractivity contribution in [3.8, 4) is 0 Å². The normalized spacial score (nSPS) is 18.9. The molecular weight excluding hydrogens is 260 g/mol. The molecule has 1 fully saturated rings. The Morgan fingerprint density at radius 3 is 2.90 bits per heavy atom. The molecular formula is C12H20N6O2. The lowest BCUT2D eigenvalue weighted by atomic mass is 9.95. The Hall–Kier alpha value is -1.96. The standard InChI is InChI=1S/C12H20N6O2/c1-3-9-5-4-6-17(7-9)11-10(18(19)20)8(2)14-12(15-11)16-13/h9H,3-7,13H2,1-2H3,(H,14,15,16). The van der Waals surface area contributed by atoms with Gasteiger partial charge >= 0.3 is 5.69 Å². The molecule has 2 heterocycles. The van der Waals surface area contributed by atoms with Gasteiger partial charge in [0.05, 0.1) is 4.92 Å². The highest BCUT2D eigenvalue weighted by Crippen LogP contribution is 2.33. The fourth-order valence-corrected chi connectivity index (χ4v) is 2.64. The first-order valence-electron chi connectivity index (χ1n) is 6.81. The predicted molar refractivity (Wildman–Crippen MR) is 76.5 cm³/mol. The highest BCUT2D eigenvalue weighted by Gasteiger charge is 2.29. The van der Waals surface area contributed by atoms with Crippen LogP contribution in [0.4, 0.5) is 17.5 Å². The Balaban J connectivity index is 2.42. The summed E-state index contributed by atoms with van der Waals surface area (Å²) >= 11 is 0. The topological polar surface area (TPSA) is 110 Å². The maximum Gasteiger partial charge on any atom is 0.332 e. The third kappa shape index (κ3) is 2.79. The summed E-state index contributed by atoms with van der Waals surface area (Å²) in [5.41, 5.74) is 2.67. The molecule has 8 nitrogen and oxygen atoms in total. The molecule has 1 aliphatic heterocycles. The number of nitro groups is 1. The SMILES string of the molecule is CCC1CCCN(c2nc(NN)nc(C)c2[N+](=O)[O-])C1.